The molecule has 0 amide bonds. The molecule has 0 atom stereocenters. The highest BCUT2D eigenvalue weighted by atomic mass is 16.5. The van der Waals surface area contributed by atoms with E-state index in [4.69, 9.17) is 9.47 Å². The molecule has 0 fully saturated rings. The highest BCUT2D eigenvalue weighted by Crippen LogP contribution is 2.25. The Bertz CT molecular complexity index is 561. The van der Waals surface area contributed by atoms with Crippen molar-refractivity contribution >= 4 is 5.97 Å². The van der Waals surface area contributed by atoms with Crippen LogP contribution in [0.1, 0.15) is 15.9 Å². The summed E-state index contributed by atoms with van der Waals surface area (Å²) in [6, 6.07) is 15.5. The van der Waals surface area contributed by atoms with Crippen LogP contribution in [0.25, 0.3) is 11.1 Å². The molecule has 98 valence electrons. The number of esters is 1. The third kappa shape index (κ3) is 3.01. The van der Waals surface area contributed by atoms with E-state index in [1.807, 2.05) is 42.5 Å². The lowest BCUT2D eigenvalue weighted by molar-refractivity contribution is 0.0600. The number of hydrogen-bond acceptors (Lipinski definition) is 3. The minimum Gasteiger partial charge on any atom is -0.465 e. The lowest BCUT2D eigenvalue weighted by Gasteiger charge is -2.11. The van der Waals surface area contributed by atoms with Gasteiger partial charge < -0.3 is 9.47 Å². The van der Waals surface area contributed by atoms with E-state index in [0.29, 0.717) is 12.2 Å². The Hall–Kier alpha value is -2.13. The number of benzene rings is 2. The summed E-state index contributed by atoms with van der Waals surface area (Å²) in [6.07, 6.45) is 0. The minimum absolute atomic E-state index is 0.336. The maximum absolute atomic E-state index is 11.6. The third-order valence-corrected chi connectivity index (χ3v) is 2.91. The molecular weight excluding hydrogens is 240 g/mol. The summed E-state index contributed by atoms with van der Waals surface area (Å²) in [5, 5.41) is 0. The van der Waals surface area contributed by atoms with E-state index >= 15 is 0 Å². The van der Waals surface area contributed by atoms with E-state index in [0.717, 1.165) is 16.7 Å². The zero-order valence-corrected chi connectivity index (χ0v) is 11.1. The first-order valence-electron chi connectivity index (χ1n) is 6.02. The van der Waals surface area contributed by atoms with E-state index in [9.17, 15) is 4.79 Å². The molecule has 0 aliphatic heterocycles. The van der Waals surface area contributed by atoms with Gasteiger partial charge in [-0.3, -0.25) is 0 Å². The van der Waals surface area contributed by atoms with Crippen LogP contribution in [-0.2, 0) is 16.1 Å². The Morgan fingerprint density at radius 2 is 1.79 bits per heavy atom. The zero-order valence-electron chi connectivity index (χ0n) is 11.1. The van der Waals surface area contributed by atoms with Gasteiger partial charge in [0.25, 0.3) is 0 Å². The van der Waals surface area contributed by atoms with E-state index in [1.54, 1.807) is 13.2 Å². The van der Waals surface area contributed by atoms with E-state index in [-0.39, 0.29) is 5.97 Å². The van der Waals surface area contributed by atoms with Gasteiger partial charge in [-0.1, -0.05) is 36.4 Å². The predicted octanol–water partition coefficient (Wildman–Crippen LogP) is 3.29. The van der Waals surface area contributed by atoms with Crippen LogP contribution in [0.4, 0.5) is 0 Å². The lowest BCUT2D eigenvalue weighted by atomic mass is 9.98. The highest BCUT2D eigenvalue weighted by molar-refractivity contribution is 5.90. The Labute approximate surface area is 112 Å². The van der Waals surface area contributed by atoms with Crippen LogP contribution in [-0.4, -0.2) is 20.2 Å². The second-order valence-corrected chi connectivity index (χ2v) is 4.16. The van der Waals surface area contributed by atoms with E-state index in [1.165, 1.54) is 7.11 Å². The number of ether oxygens (including phenoxy) is 2. The van der Waals surface area contributed by atoms with Crippen LogP contribution in [0.5, 0.6) is 0 Å². The van der Waals surface area contributed by atoms with Crippen LogP contribution in [0.3, 0.4) is 0 Å². The largest absolute Gasteiger partial charge is 0.465 e. The van der Waals surface area contributed by atoms with Crippen LogP contribution in [0, 0.1) is 0 Å². The van der Waals surface area contributed by atoms with Crippen molar-refractivity contribution in [2.45, 2.75) is 6.61 Å². The highest BCUT2D eigenvalue weighted by Gasteiger charge is 2.10. The summed E-state index contributed by atoms with van der Waals surface area (Å²) < 4.78 is 9.94. The number of carbonyl (C=O) groups is 1. The van der Waals surface area contributed by atoms with Gasteiger partial charge in [-0.15, -0.1) is 0 Å². The molecule has 0 N–H and O–H groups in total. The first-order valence-corrected chi connectivity index (χ1v) is 6.02. The summed E-state index contributed by atoms with van der Waals surface area (Å²) in [7, 11) is 3.02. The molecule has 0 aliphatic rings. The molecule has 2 aromatic rings. The molecule has 0 aliphatic carbocycles. The number of carbonyl (C=O) groups excluding carboxylic acids is 1. The SMILES string of the molecule is COCc1cc(C(=O)OC)ccc1-c1ccccc1. The number of methoxy groups -OCH3 is 2. The van der Waals surface area contributed by atoms with Gasteiger partial charge in [-0.25, -0.2) is 4.79 Å². The summed E-state index contributed by atoms with van der Waals surface area (Å²) in [5.74, 6) is -0.336. The second-order valence-electron chi connectivity index (χ2n) is 4.16. The summed E-state index contributed by atoms with van der Waals surface area (Å²) in [6.45, 7) is 0.453. The standard InChI is InChI=1S/C16H16O3/c1-18-11-14-10-13(16(17)19-2)8-9-15(14)12-6-4-3-5-7-12/h3-10H,11H2,1-2H3. The van der Waals surface area contributed by atoms with Gasteiger partial charge in [-0.2, -0.15) is 0 Å². The molecule has 0 saturated carbocycles. The van der Waals surface area contributed by atoms with Gasteiger partial charge in [-0.05, 0) is 28.8 Å². The van der Waals surface area contributed by atoms with Crippen molar-refractivity contribution in [3.05, 3.63) is 59.7 Å². The monoisotopic (exact) mass is 256 g/mol. The van der Waals surface area contributed by atoms with E-state index in [2.05, 4.69) is 0 Å². The van der Waals surface area contributed by atoms with Crippen molar-refractivity contribution in [2.75, 3.05) is 14.2 Å². The van der Waals surface area contributed by atoms with Crippen molar-refractivity contribution in [2.24, 2.45) is 0 Å². The van der Waals surface area contributed by atoms with Crippen molar-refractivity contribution in [1.82, 2.24) is 0 Å². The molecule has 0 spiro atoms. The van der Waals surface area contributed by atoms with Gasteiger partial charge in [0.2, 0.25) is 0 Å². The minimum atomic E-state index is -0.336. The molecule has 0 heterocycles. The first kappa shape index (κ1) is 13.3. The fourth-order valence-electron chi connectivity index (χ4n) is 2.01. The summed E-state index contributed by atoms with van der Waals surface area (Å²) in [4.78, 5) is 11.6. The Kier molecular flexibility index (Phi) is 4.31. The molecule has 0 aromatic heterocycles. The fraction of sp³-hybridized carbons (Fsp3) is 0.188. The van der Waals surface area contributed by atoms with Crippen LogP contribution >= 0.6 is 0 Å². The molecule has 3 nitrogen and oxygen atoms in total. The number of rotatable bonds is 4. The lowest BCUT2D eigenvalue weighted by Crippen LogP contribution is -2.03. The average molecular weight is 256 g/mol. The average Bonchev–Trinajstić information content (AvgIpc) is 2.47. The molecule has 0 radical (unpaired) electrons. The first-order chi connectivity index (χ1) is 9.26. The van der Waals surface area contributed by atoms with Crippen LogP contribution < -0.4 is 0 Å². The van der Waals surface area contributed by atoms with Crippen molar-refractivity contribution in [1.29, 1.82) is 0 Å². The van der Waals surface area contributed by atoms with Crippen molar-refractivity contribution in [3.63, 3.8) is 0 Å². The second kappa shape index (κ2) is 6.16. The zero-order chi connectivity index (χ0) is 13.7. The van der Waals surface area contributed by atoms with Crippen LogP contribution in [0.2, 0.25) is 0 Å². The molecule has 0 bridgehead atoms. The molecule has 19 heavy (non-hydrogen) atoms. The molecule has 2 aromatic carbocycles. The molecule has 2 rings (SSSR count). The molecule has 3 heteroatoms. The maximum Gasteiger partial charge on any atom is 0.337 e. The Morgan fingerprint density at radius 1 is 1.05 bits per heavy atom. The molecular formula is C16H16O3. The van der Waals surface area contributed by atoms with Gasteiger partial charge in [0.05, 0.1) is 19.3 Å². The molecule has 0 saturated heterocycles. The van der Waals surface area contributed by atoms with Gasteiger partial charge in [0.15, 0.2) is 0 Å². The Balaban J connectivity index is 2.47. The van der Waals surface area contributed by atoms with Gasteiger partial charge in [0.1, 0.15) is 0 Å². The maximum atomic E-state index is 11.6. The van der Waals surface area contributed by atoms with Crippen LogP contribution in [0.15, 0.2) is 48.5 Å². The van der Waals surface area contributed by atoms with Gasteiger partial charge >= 0.3 is 5.97 Å². The normalized spacial score (nSPS) is 10.2. The summed E-state index contributed by atoms with van der Waals surface area (Å²) in [5.41, 5.74) is 3.67. The van der Waals surface area contributed by atoms with Crippen molar-refractivity contribution in [3.8, 4) is 11.1 Å². The third-order valence-electron chi connectivity index (χ3n) is 2.91. The van der Waals surface area contributed by atoms with Gasteiger partial charge in [0, 0.05) is 7.11 Å². The Morgan fingerprint density at radius 3 is 2.42 bits per heavy atom. The summed E-state index contributed by atoms with van der Waals surface area (Å²) >= 11 is 0. The smallest absolute Gasteiger partial charge is 0.337 e. The van der Waals surface area contributed by atoms with E-state index < -0.39 is 0 Å². The quantitative estimate of drug-likeness (QED) is 0.787. The fourth-order valence-corrected chi connectivity index (χ4v) is 2.01. The topological polar surface area (TPSA) is 35.5 Å². The van der Waals surface area contributed by atoms with Crippen molar-refractivity contribution < 1.29 is 14.3 Å². The number of hydrogen-bond donors (Lipinski definition) is 0. The predicted molar refractivity (Wildman–Crippen MR) is 73.9 cm³/mol. The molecule has 0 unspecified atom stereocenters.